The van der Waals surface area contributed by atoms with Gasteiger partial charge in [-0.05, 0) is 32.3 Å². The standard InChI is InChI=1S/C11H19ClN2/c1-4-5-10(12)6-7-11-8-9(2)13-14(11)3/h8,10H,4-7H2,1-3H3. The minimum Gasteiger partial charge on any atom is -0.272 e. The SMILES string of the molecule is CCCC(Cl)CCc1cc(C)nn1C. The molecule has 1 rings (SSSR count). The number of alkyl halides is 1. The van der Waals surface area contributed by atoms with Crippen LogP contribution in [-0.4, -0.2) is 15.2 Å². The summed E-state index contributed by atoms with van der Waals surface area (Å²) in [7, 11) is 1.99. The Morgan fingerprint density at radius 1 is 1.50 bits per heavy atom. The van der Waals surface area contributed by atoms with Crippen LogP contribution in [0.2, 0.25) is 0 Å². The van der Waals surface area contributed by atoms with Gasteiger partial charge in [-0.25, -0.2) is 0 Å². The Hall–Kier alpha value is -0.500. The number of aryl methyl sites for hydroxylation is 3. The summed E-state index contributed by atoms with van der Waals surface area (Å²) >= 11 is 6.16. The number of rotatable bonds is 5. The van der Waals surface area contributed by atoms with Crippen LogP contribution in [0.25, 0.3) is 0 Å². The smallest absolute Gasteiger partial charge is 0.0596 e. The van der Waals surface area contributed by atoms with Crippen LogP contribution in [0.4, 0.5) is 0 Å². The van der Waals surface area contributed by atoms with Crippen LogP contribution in [0, 0.1) is 6.92 Å². The van der Waals surface area contributed by atoms with E-state index in [4.69, 9.17) is 11.6 Å². The molecular formula is C11H19ClN2. The van der Waals surface area contributed by atoms with E-state index in [2.05, 4.69) is 18.1 Å². The molecule has 0 N–H and O–H groups in total. The predicted molar refractivity (Wildman–Crippen MR) is 60.8 cm³/mol. The molecule has 0 spiro atoms. The first kappa shape index (κ1) is 11.6. The van der Waals surface area contributed by atoms with Crippen molar-refractivity contribution in [2.75, 3.05) is 0 Å². The van der Waals surface area contributed by atoms with Crippen LogP contribution in [0.1, 0.15) is 37.6 Å². The van der Waals surface area contributed by atoms with Crippen LogP contribution < -0.4 is 0 Å². The van der Waals surface area contributed by atoms with Crippen molar-refractivity contribution < 1.29 is 0 Å². The number of nitrogens with zero attached hydrogens (tertiary/aromatic N) is 2. The second-order valence-electron chi connectivity index (χ2n) is 3.83. The van der Waals surface area contributed by atoms with Crippen LogP contribution >= 0.6 is 11.6 Å². The number of aromatic nitrogens is 2. The van der Waals surface area contributed by atoms with Crippen LogP contribution in [0.15, 0.2) is 6.07 Å². The molecule has 0 fully saturated rings. The molecule has 80 valence electrons. The molecule has 0 aliphatic carbocycles. The monoisotopic (exact) mass is 214 g/mol. The summed E-state index contributed by atoms with van der Waals surface area (Å²) in [6.45, 7) is 4.19. The lowest BCUT2D eigenvalue weighted by Gasteiger charge is -2.07. The maximum Gasteiger partial charge on any atom is 0.0596 e. The molecule has 1 atom stereocenters. The van der Waals surface area contributed by atoms with Crippen molar-refractivity contribution in [2.45, 2.75) is 44.9 Å². The first-order valence-electron chi connectivity index (χ1n) is 5.27. The Bertz CT molecular complexity index is 281. The molecule has 14 heavy (non-hydrogen) atoms. The normalized spacial score (nSPS) is 13.1. The largest absolute Gasteiger partial charge is 0.272 e. The van der Waals surface area contributed by atoms with Crippen molar-refractivity contribution in [1.29, 1.82) is 0 Å². The average molecular weight is 215 g/mol. The van der Waals surface area contributed by atoms with E-state index in [1.165, 1.54) is 12.1 Å². The molecule has 1 aromatic heterocycles. The van der Waals surface area contributed by atoms with Crippen LogP contribution in [-0.2, 0) is 13.5 Å². The average Bonchev–Trinajstić information content (AvgIpc) is 2.42. The van der Waals surface area contributed by atoms with E-state index in [0.717, 1.165) is 25.0 Å². The lowest BCUT2D eigenvalue weighted by atomic mass is 10.1. The highest BCUT2D eigenvalue weighted by molar-refractivity contribution is 6.20. The van der Waals surface area contributed by atoms with Crippen LogP contribution in [0.5, 0.6) is 0 Å². The van der Waals surface area contributed by atoms with Gasteiger partial charge in [0.05, 0.1) is 5.69 Å². The fourth-order valence-corrected chi connectivity index (χ4v) is 1.99. The predicted octanol–water partition coefficient (Wildman–Crippen LogP) is 3.07. The fourth-order valence-electron chi connectivity index (χ4n) is 1.66. The van der Waals surface area contributed by atoms with Gasteiger partial charge in [0, 0.05) is 18.1 Å². The zero-order valence-corrected chi connectivity index (χ0v) is 10.0. The topological polar surface area (TPSA) is 17.8 Å². The third-order valence-corrected chi connectivity index (χ3v) is 2.85. The maximum absolute atomic E-state index is 6.16. The summed E-state index contributed by atoms with van der Waals surface area (Å²) in [5.74, 6) is 0. The van der Waals surface area contributed by atoms with E-state index < -0.39 is 0 Å². The molecule has 1 heterocycles. The molecule has 3 heteroatoms. The van der Waals surface area contributed by atoms with E-state index in [9.17, 15) is 0 Å². The van der Waals surface area contributed by atoms with E-state index in [-0.39, 0.29) is 0 Å². The zero-order valence-electron chi connectivity index (χ0n) is 9.26. The van der Waals surface area contributed by atoms with Gasteiger partial charge in [0.2, 0.25) is 0 Å². The highest BCUT2D eigenvalue weighted by atomic mass is 35.5. The molecule has 0 amide bonds. The first-order valence-corrected chi connectivity index (χ1v) is 5.70. The highest BCUT2D eigenvalue weighted by Crippen LogP contribution is 2.14. The summed E-state index contributed by atoms with van der Waals surface area (Å²) in [5, 5.41) is 4.62. The molecule has 2 nitrogen and oxygen atoms in total. The summed E-state index contributed by atoms with van der Waals surface area (Å²) in [4.78, 5) is 0. The molecule has 0 aliphatic heterocycles. The third-order valence-electron chi connectivity index (χ3n) is 2.41. The molecule has 0 radical (unpaired) electrons. The second-order valence-corrected chi connectivity index (χ2v) is 4.44. The fraction of sp³-hybridized carbons (Fsp3) is 0.727. The van der Waals surface area contributed by atoms with E-state index in [0.29, 0.717) is 5.38 Å². The summed E-state index contributed by atoms with van der Waals surface area (Å²) in [6, 6.07) is 2.13. The van der Waals surface area contributed by atoms with Gasteiger partial charge in [-0.1, -0.05) is 13.3 Å². The minimum atomic E-state index is 0.315. The van der Waals surface area contributed by atoms with Crippen molar-refractivity contribution in [2.24, 2.45) is 7.05 Å². The van der Waals surface area contributed by atoms with Crippen molar-refractivity contribution in [3.63, 3.8) is 0 Å². The Morgan fingerprint density at radius 3 is 2.71 bits per heavy atom. The number of hydrogen-bond donors (Lipinski definition) is 0. The number of halogens is 1. The highest BCUT2D eigenvalue weighted by Gasteiger charge is 2.06. The Kier molecular flexibility index (Phi) is 4.46. The summed E-state index contributed by atoms with van der Waals surface area (Å²) in [6.07, 6.45) is 4.36. The van der Waals surface area contributed by atoms with Gasteiger partial charge in [0.15, 0.2) is 0 Å². The van der Waals surface area contributed by atoms with Gasteiger partial charge in [-0.2, -0.15) is 5.10 Å². The quantitative estimate of drug-likeness (QED) is 0.689. The second kappa shape index (κ2) is 5.40. The first-order chi connectivity index (χ1) is 6.63. The van der Waals surface area contributed by atoms with Gasteiger partial charge < -0.3 is 0 Å². The van der Waals surface area contributed by atoms with Gasteiger partial charge in [0.1, 0.15) is 0 Å². The van der Waals surface area contributed by atoms with Crippen molar-refractivity contribution >= 4 is 11.6 Å². The van der Waals surface area contributed by atoms with Gasteiger partial charge in [-0.3, -0.25) is 4.68 Å². The lowest BCUT2D eigenvalue weighted by molar-refractivity contribution is 0.635. The van der Waals surface area contributed by atoms with Gasteiger partial charge in [0.25, 0.3) is 0 Å². The molecule has 0 aromatic carbocycles. The van der Waals surface area contributed by atoms with Gasteiger partial charge in [-0.15, -0.1) is 11.6 Å². The molecule has 0 saturated heterocycles. The number of hydrogen-bond acceptors (Lipinski definition) is 1. The Balaban J connectivity index is 2.41. The molecule has 0 saturated carbocycles. The zero-order chi connectivity index (χ0) is 10.6. The summed E-state index contributed by atoms with van der Waals surface area (Å²) < 4.78 is 1.95. The molecule has 0 aliphatic rings. The Labute approximate surface area is 91.3 Å². The minimum absolute atomic E-state index is 0.315. The van der Waals surface area contributed by atoms with E-state index >= 15 is 0 Å². The van der Waals surface area contributed by atoms with E-state index in [1.807, 2.05) is 18.7 Å². The van der Waals surface area contributed by atoms with Crippen molar-refractivity contribution in [3.8, 4) is 0 Å². The van der Waals surface area contributed by atoms with Gasteiger partial charge >= 0.3 is 0 Å². The maximum atomic E-state index is 6.16. The van der Waals surface area contributed by atoms with Crippen molar-refractivity contribution in [3.05, 3.63) is 17.5 Å². The lowest BCUT2D eigenvalue weighted by Crippen LogP contribution is -2.04. The molecular weight excluding hydrogens is 196 g/mol. The van der Waals surface area contributed by atoms with E-state index in [1.54, 1.807) is 0 Å². The third kappa shape index (κ3) is 3.33. The Morgan fingerprint density at radius 2 is 2.21 bits per heavy atom. The molecule has 1 unspecified atom stereocenters. The van der Waals surface area contributed by atoms with Crippen LogP contribution in [0.3, 0.4) is 0 Å². The van der Waals surface area contributed by atoms with Crippen molar-refractivity contribution in [1.82, 2.24) is 9.78 Å². The molecule has 1 aromatic rings. The summed E-state index contributed by atoms with van der Waals surface area (Å²) in [5.41, 5.74) is 2.37. The molecule has 0 bridgehead atoms.